The van der Waals surface area contributed by atoms with Crippen LogP contribution in [0.5, 0.6) is 0 Å². The van der Waals surface area contributed by atoms with Crippen molar-refractivity contribution in [3.63, 3.8) is 0 Å². The lowest BCUT2D eigenvalue weighted by atomic mass is 9.89. The summed E-state index contributed by atoms with van der Waals surface area (Å²) in [5, 5.41) is 5.23. The van der Waals surface area contributed by atoms with Crippen LogP contribution >= 0.6 is 23.2 Å². The van der Waals surface area contributed by atoms with Crippen LogP contribution in [0, 0.1) is 5.82 Å². The van der Waals surface area contributed by atoms with Crippen molar-refractivity contribution in [2.45, 2.75) is 41.8 Å². The highest BCUT2D eigenvalue weighted by Gasteiger charge is 2.49. The predicted octanol–water partition coefficient (Wildman–Crippen LogP) is 4.72. The van der Waals surface area contributed by atoms with Crippen LogP contribution < -0.4 is 10.9 Å². The molecule has 2 unspecified atom stereocenters. The van der Waals surface area contributed by atoms with Gasteiger partial charge < -0.3 is 10.3 Å². The standard InChI is InChI=1S/C23H22Cl2FN5O2S/c24-14-7-8-23(19(25)10-14,34(28,32)33)17-6-5-13(9-18(17)26)16-11-31(15-3-1-2-4-15)22-20(16)21(27)29-12-30-22/h5-12,15,19H,1-4H2,(H2,27,29,30)(H2,28,32,33). The van der Waals surface area contributed by atoms with Crippen LogP contribution in [0.3, 0.4) is 0 Å². The molecule has 1 saturated carbocycles. The molecule has 2 aliphatic rings. The molecule has 2 heterocycles. The zero-order valence-electron chi connectivity index (χ0n) is 18.0. The minimum absolute atomic E-state index is 0.167. The fraction of sp³-hybridized carbons (Fsp3) is 0.304. The lowest BCUT2D eigenvalue weighted by molar-refractivity contribution is 0.532. The number of primary sulfonamides is 1. The van der Waals surface area contributed by atoms with E-state index in [0.29, 0.717) is 22.2 Å². The van der Waals surface area contributed by atoms with Crippen molar-refractivity contribution in [2.24, 2.45) is 5.14 Å². The van der Waals surface area contributed by atoms with E-state index in [0.717, 1.165) is 25.7 Å². The topological polar surface area (TPSA) is 117 Å². The molecule has 0 bridgehead atoms. The number of allylic oxidation sites excluding steroid dienone is 3. The molecule has 11 heteroatoms. The Hall–Kier alpha value is -2.46. The molecule has 1 aromatic carbocycles. The van der Waals surface area contributed by atoms with Crippen LogP contribution in [0.25, 0.3) is 22.2 Å². The van der Waals surface area contributed by atoms with Gasteiger partial charge in [-0.3, -0.25) is 0 Å². The van der Waals surface area contributed by atoms with Gasteiger partial charge >= 0.3 is 0 Å². The van der Waals surface area contributed by atoms with Gasteiger partial charge in [0.15, 0.2) is 4.75 Å². The Morgan fingerprint density at radius 3 is 2.59 bits per heavy atom. The number of hydrogen-bond donors (Lipinski definition) is 2. The summed E-state index contributed by atoms with van der Waals surface area (Å²) in [7, 11) is -4.37. The molecule has 178 valence electrons. The van der Waals surface area contributed by atoms with Crippen LogP contribution in [-0.4, -0.2) is 28.3 Å². The molecule has 0 radical (unpaired) electrons. The maximum Gasteiger partial charge on any atom is 0.224 e. The molecule has 7 nitrogen and oxygen atoms in total. The average molecular weight is 522 g/mol. The second-order valence-corrected chi connectivity index (χ2v) is 11.3. The summed E-state index contributed by atoms with van der Waals surface area (Å²) >= 11 is 12.4. The number of aromatic nitrogens is 3. The zero-order valence-corrected chi connectivity index (χ0v) is 20.3. The smallest absolute Gasteiger partial charge is 0.224 e. The van der Waals surface area contributed by atoms with Gasteiger partial charge in [-0.2, -0.15) is 0 Å². The number of sulfonamides is 1. The largest absolute Gasteiger partial charge is 0.383 e. The number of nitrogen functional groups attached to an aromatic ring is 1. The maximum atomic E-state index is 15.6. The van der Waals surface area contributed by atoms with Crippen molar-refractivity contribution < 1.29 is 12.8 Å². The minimum atomic E-state index is -4.37. The molecule has 0 aliphatic heterocycles. The molecule has 4 N–H and O–H groups in total. The quantitative estimate of drug-likeness (QED) is 0.481. The minimum Gasteiger partial charge on any atom is -0.383 e. The predicted molar refractivity (Wildman–Crippen MR) is 132 cm³/mol. The van der Waals surface area contributed by atoms with Crippen molar-refractivity contribution in [2.75, 3.05) is 5.73 Å². The third-order valence-electron chi connectivity index (χ3n) is 6.73. The summed E-state index contributed by atoms with van der Waals surface area (Å²) in [6, 6.07) is 4.56. The van der Waals surface area contributed by atoms with E-state index in [2.05, 4.69) is 14.5 Å². The zero-order chi connectivity index (χ0) is 24.3. The maximum absolute atomic E-state index is 15.6. The summed E-state index contributed by atoms with van der Waals surface area (Å²) in [4.78, 5) is 8.57. The van der Waals surface area contributed by atoms with Gasteiger partial charge in [0.25, 0.3) is 0 Å². The van der Waals surface area contributed by atoms with Gasteiger partial charge in [0, 0.05) is 28.4 Å². The lowest BCUT2D eigenvalue weighted by Gasteiger charge is -2.34. The first-order valence-electron chi connectivity index (χ1n) is 10.8. The number of rotatable bonds is 4. The molecular weight excluding hydrogens is 500 g/mol. The first-order chi connectivity index (χ1) is 16.1. The normalized spacial score (nSPS) is 23.5. The monoisotopic (exact) mass is 521 g/mol. The number of hydrogen-bond acceptors (Lipinski definition) is 5. The number of nitrogens with two attached hydrogens (primary N) is 2. The number of fused-ring (bicyclic) bond motifs is 1. The summed E-state index contributed by atoms with van der Waals surface area (Å²) < 4.78 is 41.1. The van der Waals surface area contributed by atoms with E-state index < -0.39 is 26.0 Å². The Bertz CT molecular complexity index is 1460. The van der Waals surface area contributed by atoms with Gasteiger partial charge in [-0.25, -0.2) is 27.9 Å². The second-order valence-electron chi connectivity index (χ2n) is 8.67. The highest BCUT2D eigenvalue weighted by atomic mass is 35.5. The third kappa shape index (κ3) is 3.53. The Kier molecular flexibility index (Phi) is 5.71. The Morgan fingerprint density at radius 2 is 1.94 bits per heavy atom. The Labute approximate surface area is 206 Å². The Morgan fingerprint density at radius 1 is 1.21 bits per heavy atom. The summed E-state index contributed by atoms with van der Waals surface area (Å²) in [6.07, 6.45) is 11.6. The molecule has 0 amide bonds. The van der Waals surface area contributed by atoms with Gasteiger partial charge in [0.05, 0.1) is 10.8 Å². The van der Waals surface area contributed by atoms with Crippen LogP contribution in [0.2, 0.25) is 0 Å². The summed E-state index contributed by atoms with van der Waals surface area (Å²) in [6.45, 7) is 0. The summed E-state index contributed by atoms with van der Waals surface area (Å²) in [5.74, 6) is -0.483. The van der Waals surface area contributed by atoms with E-state index in [1.165, 1.54) is 36.7 Å². The molecule has 2 aliphatic carbocycles. The molecular formula is C23H22Cl2FN5O2S. The van der Waals surface area contributed by atoms with Gasteiger partial charge in [0.1, 0.15) is 23.6 Å². The number of nitrogens with zero attached hydrogens (tertiary/aromatic N) is 3. The highest BCUT2D eigenvalue weighted by molar-refractivity contribution is 7.90. The number of anilines is 1. The molecule has 0 saturated heterocycles. The average Bonchev–Trinajstić information content (AvgIpc) is 3.42. The fourth-order valence-electron chi connectivity index (χ4n) is 5.05. The van der Waals surface area contributed by atoms with Gasteiger partial charge in [-0.15, -0.1) is 11.6 Å². The lowest BCUT2D eigenvalue weighted by Crippen LogP contribution is -2.47. The summed E-state index contributed by atoms with van der Waals surface area (Å²) in [5.41, 5.74) is 7.90. The number of halogens is 3. The van der Waals surface area contributed by atoms with Gasteiger partial charge in [-0.05, 0) is 36.6 Å². The first-order valence-corrected chi connectivity index (χ1v) is 13.1. The van der Waals surface area contributed by atoms with E-state index in [-0.39, 0.29) is 22.5 Å². The van der Waals surface area contributed by atoms with Crippen LogP contribution in [0.1, 0.15) is 37.3 Å². The van der Waals surface area contributed by atoms with E-state index in [1.807, 2.05) is 6.20 Å². The van der Waals surface area contributed by atoms with E-state index in [1.54, 1.807) is 6.07 Å². The van der Waals surface area contributed by atoms with Crippen molar-refractivity contribution in [3.05, 3.63) is 65.4 Å². The van der Waals surface area contributed by atoms with Crippen LogP contribution in [0.4, 0.5) is 10.2 Å². The van der Waals surface area contributed by atoms with Crippen LogP contribution in [-0.2, 0) is 14.8 Å². The molecule has 2 atom stereocenters. The molecule has 3 aromatic rings. The van der Waals surface area contributed by atoms with Crippen molar-refractivity contribution in [3.8, 4) is 11.1 Å². The van der Waals surface area contributed by atoms with Crippen LogP contribution in [0.15, 0.2) is 54.0 Å². The van der Waals surface area contributed by atoms with Crippen molar-refractivity contribution >= 4 is 50.1 Å². The third-order valence-corrected chi connectivity index (χ3v) is 9.14. The molecule has 5 rings (SSSR count). The molecule has 1 fully saturated rings. The Balaban J connectivity index is 1.68. The number of benzene rings is 1. The van der Waals surface area contributed by atoms with E-state index >= 15 is 4.39 Å². The molecule has 2 aromatic heterocycles. The van der Waals surface area contributed by atoms with E-state index in [4.69, 9.17) is 34.1 Å². The van der Waals surface area contributed by atoms with Crippen molar-refractivity contribution in [1.29, 1.82) is 0 Å². The second kappa shape index (κ2) is 8.34. The fourth-order valence-corrected chi connectivity index (χ4v) is 7.11. The van der Waals surface area contributed by atoms with E-state index in [9.17, 15) is 8.42 Å². The highest BCUT2D eigenvalue weighted by Crippen LogP contribution is 2.44. The SMILES string of the molecule is Nc1ncnc2c1c(-c1ccc(C3(S(N)(=O)=O)C=CC(Cl)=CC3Cl)c(F)c1)cn2C1CCCC1. The molecule has 0 spiro atoms. The molecule has 34 heavy (non-hydrogen) atoms. The number of alkyl halides is 1. The first kappa shape index (κ1) is 23.3. The van der Waals surface area contributed by atoms with Crippen molar-refractivity contribution in [1.82, 2.24) is 14.5 Å². The van der Waals surface area contributed by atoms with Gasteiger partial charge in [-0.1, -0.05) is 42.7 Å². The van der Waals surface area contributed by atoms with Gasteiger partial charge in [0.2, 0.25) is 10.0 Å².